The van der Waals surface area contributed by atoms with Gasteiger partial charge in [-0.05, 0) is 25.1 Å². The highest BCUT2D eigenvalue weighted by atomic mass is 19.1. The number of carbonyl (C=O) groups is 2. The molecule has 6 atom stereocenters. The second kappa shape index (κ2) is 5.13. The number of benzene rings is 1. The van der Waals surface area contributed by atoms with E-state index in [-0.39, 0.29) is 42.0 Å². The lowest BCUT2D eigenvalue weighted by Gasteiger charge is -2.30. The van der Waals surface area contributed by atoms with Gasteiger partial charge in [0.15, 0.2) is 0 Å². The van der Waals surface area contributed by atoms with Crippen LogP contribution in [-0.4, -0.2) is 46.9 Å². The number of anilines is 1. The first kappa shape index (κ1) is 16.8. The molecule has 1 aromatic carbocycles. The highest BCUT2D eigenvalue weighted by molar-refractivity contribution is 6.23. The largest absolute Gasteiger partial charge is 0.396 e. The molecule has 2 bridgehead atoms. The Labute approximate surface area is 154 Å². The van der Waals surface area contributed by atoms with Gasteiger partial charge in [-0.25, -0.2) is 9.29 Å². The molecule has 1 N–H and O–H groups in total. The van der Waals surface area contributed by atoms with Crippen LogP contribution >= 0.6 is 0 Å². The molecule has 0 radical (unpaired) electrons. The zero-order valence-electron chi connectivity index (χ0n) is 14.5. The maximum Gasteiger partial charge on any atom is 0.240 e. The molecule has 0 spiro atoms. The summed E-state index contributed by atoms with van der Waals surface area (Å²) < 4.78 is 25.1. The van der Waals surface area contributed by atoms with Crippen molar-refractivity contribution < 1.29 is 28.6 Å². The molecule has 5 rings (SSSR count). The summed E-state index contributed by atoms with van der Waals surface area (Å²) in [6, 6.07) is 6.16. The molecular formula is C19H17FN2O5. The first-order chi connectivity index (χ1) is 12.9. The Balaban J connectivity index is 1.59. The molecule has 0 aliphatic carbocycles. The number of aliphatic hydroxyl groups excluding tert-OH is 1. The van der Waals surface area contributed by atoms with Gasteiger partial charge >= 0.3 is 0 Å². The van der Waals surface area contributed by atoms with Crippen molar-refractivity contribution >= 4 is 17.5 Å². The number of alkyl halides is 1. The number of hydrogen-bond donors (Lipinski definition) is 1. The van der Waals surface area contributed by atoms with Crippen molar-refractivity contribution in [3.8, 4) is 6.07 Å². The molecule has 4 fully saturated rings. The first-order valence-corrected chi connectivity index (χ1v) is 8.86. The third kappa shape index (κ3) is 1.79. The van der Waals surface area contributed by atoms with Crippen molar-refractivity contribution in [3.63, 3.8) is 0 Å². The fourth-order valence-corrected chi connectivity index (χ4v) is 5.38. The van der Waals surface area contributed by atoms with Crippen LogP contribution in [-0.2, 0) is 25.7 Å². The summed E-state index contributed by atoms with van der Waals surface area (Å²) >= 11 is 0. The van der Waals surface area contributed by atoms with Crippen molar-refractivity contribution in [1.29, 1.82) is 5.26 Å². The standard InChI is InChI=1S/C19H17FN2O5/c1-18-12-13(19(27-18,4-5-23)15-14(18)26-15)17(25)22(16(12)24)11-3-2-9(8-21)10(6-11)7-20/h2-3,6,12-15,23H,4-5,7H2,1H3/t12-,13+,14-,15+,18+,19-/m1/s1. The van der Waals surface area contributed by atoms with Gasteiger partial charge < -0.3 is 14.6 Å². The number of aliphatic hydroxyl groups is 1. The Bertz CT molecular complexity index is 929. The fourth-order valence-electron chi connectivity index (χ4n) is 5.38. The zero-order chi connectivity index (χ0) is 19.1. The Kier molecular flexibility index (Phi) is 3.19. The van der Waals surface area contributed by atoms with Crippen molar-refractivity contribution in [2.24, 2.45) is 11.8 Å². The molecule has 0 unspecified atom stereocenters. The van der Waals surface area contributed by atoms with Crippen LogP contribution < -0.4 is 4.90 Å². The maximum atomic E-state index is 13.3. The number of rotatable bonds is 4. The minimum Gasteiger partial charge on any atom is -0.396 e. The van der Waals surface area contributed by atoms with Crippen molar-refractivity contribution in [2.45, 2.75) is 43.4 Å². The van der Waals surface area contributed by atoms with E-state index in [9.17, 15) is 19.1 Å². The maximum absolute atomic E-state index is 13.3. The molecule has 140 valence electrons. The van der Waals surface area contributed by atoms with Crippen LogP contribution in [0.4, 0.5) is 10.1 Å². The molecule has 0 aromatic heterocycles. The number of amides is 2. The number of halogens is 1. The van der Waals surface area contributed by atoms with Gasteiger partial charge in [-0.1, -0.05) is 0 Å². The summed E-state index contributed by atoms with van der Waals surface area (Å²) in [5.74, 6) is -2.28. The Morgan fingerprint density at radius 1 is 1.30 bits per heavy atom. The molecule has 4 heterocycles. The number of fused-ring (bicyclic) bond motifs is 8. The highest BCUT2D eigenvalue weighted by Crippen LogP contribution is 2.69. The zero-order valence-corrected chi connectivity index (χ0v) is 14.5. The smallest absolute Gasteiger partial charge is 0.240 e. The molecular weight excluding hydrogens is 355 g/mol. The number of carbonyl (C=O) groups excluding carboxylic acids is 2. The lowest BCUT2D eigenvalue weighted by molar-refractivity contribution is -0.146. The van der Waals surface area contributed by atoms with Crippen molar-refractivity contribution in [3.05, 3.63) is 29.3 Å². The summed E-state index contributed by atoms with van der Waals surface area (Å²) in [6.07, 6.45) is -0.347. The Morgan fingerprint density at radius 3 is 2.70 bits per heavy atom. The van der Waals surface area contributed by atoms with Crippen molar-refractivity contribution in [2.75, 3.05) is 11.5 Å². The van der Waals surface area contributed by atoms with Gasteiger partial charge in [-0.3, -0.25) is 9.59 Å². The minimum atomic E-state index is -1.00. The predicted molar refractivity (Wildman–Crippen MR) is 88.0 cm³/mol. The average Bonchev–Trinajstić information content (AvgIpc) is 3.32. The molecule has 7 nitrogen and oxygen atoms in total. The number of nitrogens with zero attached hydrogens (tertiary/aromatic N) is 2. The molecule has 1 aromatic rings. The monoisotopic (exact) mass is 372 g/mol. The second-order valence-electron chi connectivity index (χ2n) is 7.75. The summed E-state index contributed by atoms with van der Waals surface area (Å²) in [7, 11) is 0. The van der Waals surface area contributed by atoms with Gasteiger partial charge in [0, 0.05) is 18.6 Å². The van der Waals surface area contributed by atoms with Crippen LogP contribution in [0.3, 0.4) is 0 Å². The number of hydrogen-bond acceptors (Lipinski definition) is 6. The Morgan fingerprint density at radius 2 is 2.04 bits per heavy atom. The highest BCUT2D eigenvalue weighted by Gasteiger charge is 2.86. The van der Waals surface area contributed by atoms with E-state index in [1.54, 1.807) is 6.92 Å². The lowest BCUT2D eigenvalue weighted by atomic mass is 9.67. The molecule has 4 aliphatic rings. The van der Waals surface area contributed by atoms with Crippen LogP contribution in [0.15, 0.2) is 18.2 Å². The van der Waals surface area contributed by atoms with E-state index in [1.807, 2.05) is 6.07 Å². The third-order valence-corrected chi connectivity index (χ3v) is 6.51. The van der Waals surface area contributed by atoms with Crippen LogP contribution in [0, 0.1) is 23.2 Å². The van der Waals surface area contributed by atoms with Gasteiger partial charge in [0.05, 0.1) is 29.2 Å². The first-order valence-electron chi connectivity index (χ1n) is 8.86. The third-order valence-electron chi connectivity index (χ3n) is 6.51. The van der Waals surface area contributed by atoms with Crippen LogP contribution in [0.25, 0.3) is 0 Å². The van der Waals surface area contributed by atoms with Gasteiger partial charge in [0.2, 0.25) is 11.8 Å². The Hall–Kier alpha value is -2.34. The van der Waals surface area contributed by atoms with E-state index in [0.717, 1.165) is 4.90 Å². The van der Waals surface area contributed by atoms with E-state index < -0.39 is 41.5 Å². The topological polar surface area (TPSA) is 103 Å². The normalized spacial score (nSPS) is 40.9. The number of ether oxygens (including phenoxy) is 2. The molecule has 0 saturated carbocycles. The summed E-state index contributed by atoms with van der Waals surface area (Å²) in [6.45, 7) is 0.727. The average molecular weight is 372 g/mol. The second-order valence-corrected chi connectivity index (χ2v) is 7.75. The number of epoxide rings is 1. The van der Waals surface area contributed by atoms with E-state index in [1.165, 1.54) is 18.2 Å². The fraction of sp³-hybridized carbons (Fsp3) is 0.526. The quantitative estimate of drug-likeness (QED) is 0.620. The van der Waals surface area contributed by atoms with Crippen LogP contribution in [0.1, 0.15) is 24.5 Å². The molecule has 4 saturated heterocycles. The minimum absolute atomic E-state index is 0.134. The summed E-state index contributed by atoms with van der Waals surface area (Å²) in [5, 5.41) is 18.6. The number of imide groups is 1. The molecule has 4 aliphatic heterocycles. The predicted octanol–water partition coefficient (Wildman–Crippen LogP) is 0.824. The summed E-state index contributed by atoms with van der Waals surface area (Å²) in [4.78, 5) is 27.5. The van der Waals surface area contributed by atoms with E-state index in [2.05, 4.69) is 0 Å². The molecule has 8 heteroatoms. The molecule has 27 heavy (non-hydrogen) atoms. The van der Waals surface area contributed by atoms with E-state index >= 15 is 0 Å². The molecule has 2 amide bonds. The van der Waals surface area contributed by atoms with Gasteiger partial charge in [0.1, 0.15) is 30.1 Å². The van der Waals surface area contributed by atoms with E-state index in [4.69, 9.17) is 14.7 Å². The van der Waals surface area contributed by atoms with Gasteiger partial charge in [0.25, 0.3) is 0 Å². The van der Waals surface area contributed by atoms with Gasteiger partial charge in [-0.15, -0.1) is 0 Å². The SMILES string of the molecule is C[C@]12O[C@](CCO)([C@@H]3C(=O)N(c4ccc(C#N)c(CF)c4)C(=O)[C@@H]31)[C@H]1O[C@H]12. The van der Waals surface area contributed by atoms with Gasteiger partial charge in [-0.2, -0.15) is 5.26 Å². The van der Waals surface area contributed by atoms with Crippen LogP contribution in [0.5, 0.6) is 0 Å². The van der Waals surface area contributed by atoms with Crippen LogP contribution in [0.2, 0.25) is 0 Å². The van der Waals surface area contributed by atoms with Crippen molar-refractivity contribution in [1.82, 2.24) is 0 Å². The number of nitriles is 1. The lowest BCUT2D eigenvalue weighted by Crippen LogP contribution is -2.47. The summed E-state index contributed by atoms with van der Waals surface area (Å²) in [5.41, 5.74) is -1.36. The van der Waals surface area contributed by atoms with E-state index in [0.29, 0.717) is 0 Å².